The smallest absolute Gasteiger partial charge is 0.531 e. The molecule has 0 saturated heterocycles. The zero-order valence-electron chi connectivity index (χ0n) is 12.0. The number of phenolic OH excluding ortho intramolecular Hbond substituents is 1. The van der Waals surface area contributed by atoms with Crippen LogP contribution >= 0.6 is 0 Å². The van der Waals surface area contributed by atoms with Crippen molar-refractivity contribution in [3.05, 3.63) is 29.3 Å². The zero-order chi connectivity index (χ0) is 14.6. The molecule has 0 aliphatic carbocycles. The van der Waals surface area contributed by atoms with Gasteiger partial charge in [0.25, 0.3) is 0 Å². The average molecular weight is 350 g/mol. The zero-order valence-corrected chi connectivity index (χ0v) is 14.8. The van der Waals surface area contributed by atoms with E-state index in [4.69, 9.17) is 0 Å². The third kappa shape index (κ3) is 5.43. The molecule has 0 aliphatic rings. The Morgan fingerprint density at radius 3 is 2.20 bits per heavy atom. The van der Waals surface area contributed by atoms with Gasteiger partial charge in [-0.2, -0.15) is 6.07 Å². The molecule has 0 aliphatic heterocycles. The number of benzene rings is 1. The number of allylic oxidation sites excluding steroid dienone is 1. The van der Waals surface area contributed by atoms with Gasteiger partial charge in [-0.25, -0.2) is 0 Å². The molecule has 1 rings (SSSR count). The van der Waals surface area contributed by atoms with Crippen LogP contribution in [0.1, 0.15) is 27.7 Å². The minimum atomic E-state index is -0.282. The standard InChI is InChI=1S/C14H17N2O3.Y/c1-8(2)9(3)14(19)16-12-6-5-11(7-13(12)18)15-10(4)17;/h6-7,18H,1-4H3,(H,15,17)(H,16,19);/q-1;+3. The molecule has 102 valence electrons. The molecular weight excluding hydrogens is 333 g/mol. The largest absolute Gasteiger partial charge is 3.00 e. The molecule has 0 heterocycles. The first-order valence-corrected chi connectivity index (χ1v) is 5.79. The number of aromatic hydroxyl groups is 1. The third-order valence-corrected chi connectivity index (χ3v) is 2.58. The molecule has 5 nitrogen and oxygen atoms in total. The van der Waals surface area contributed by atoms with Crippen LogP contribution in [0.15, 0.2) is 23.3 Å². The second kappa shape index (κ2) is 8.17. The Labute approximate surface area is 143 Å². The van der Waals surface area contributed by atoms with Gasteiger partial charge >= 0.3 is 32.7 Å². The molecular formula is C14H17N2O3Y+2. The van der Waals surface area contributed by atoms with Crippen LogP contribution in [0.2, 0.25) is 0 Å². The molecule has 0 unspecified atom stereocenters. The van der Waals surface area contributed by atoms with Gasteiger partial charge in [0.1, 0.15) is 0 Å². The van der Waals surface area contributed by atoms with Crippen LogP contribution in [0.3, 0.4) is 0 Å². The molecule has 20 heavy (non-hydrogen) atoms. The molecule has 0 bridgehead atoms. The predicted octanol–water partition coefficient (Wildman–Crippen LogP) is 2.44. The van der Waals surface area contributed by atoms with Crippen molar-refractivity contribution >= 4 is 23.2 Å². The summed E-state index contributed by atoms with van der Waals surface area (Å²) in [7, 11) is 0. The number of carbonyl (C=O) groups excluding carboxylic acids is 2. The topological polar surface area (TPSA) is 78.4 Å². The van der Waals surface area contributed by atoms with E-state index in [1.807, 2.05) is 13.8 Å². The molecule has 0 saturated carbocycles. The fourth-order valence-electron chi connectivity index (χ4n) is 1.29. The number of amides is 2. The quantitative estimate of drug-likeness (QED) is 0.445. The predicted molar refractivity (Wildman–Crippen MR) is 73.9 cm³/mol. The Balaban J connectivity index is 0.00000361. The summed E-state index contributed by atoms with van der Waals surface area (Å²) >= 11 is 0. The van der Waals surface area contributed by atoms with Crippen molar-refractivity contribution in [2.45, 2.75) is 27.7 Å². The summed E-state index contributed by atoms with van der Waals surface area (Å²) < 4.78 is 0. The first kappa shape index (κ1) is 18.8. The molecule has 3 N–H and O–H groups in total. The Morgan fingerprint density at radius 2 is 1.75 bits per heavy atom. The fraction of sp³-hybridized carbons (Fsp3) is 0.286. The summed E-state index contributed by atoms with van der Waals surface area (Å²) in [6, 6.07) is 5.50. The molecule has 1 aromatic rings. The average Bonchev–Trinajstić information content (AvgIpc) is 2.30. The van der Waals surface area contributed by atoms with Gasteiger partial charge in [-0.15, -0.1) is 12.1 Å². The van der Waals surface area contributed by atoms with Crippen molar-refractivity contribution < 1.29 is 47.4 Å². The van der Waals surface area contributed by atoms with E-state index in [0.29, 0.717) is 11.3 Å². The van der Waals surface area contributed by atoms with Gasteiger partial charge in [0, 0.05) is 18.2 Å². The van der Waals surface area contributed by atoms with Crippen LogP contribution in [0.4, 0.5) is 11.4 Å². The van der Waals surface area contributed by atoms with Gasteiger partial charge < -0.3 is 15.7 Å². The maximum absolute atomic E-state index is 11.8. The van der Waals surface area contributed by atoms with E-state index in [-0.39, 0.29) is 56.0 Å². The van der Waals surface area contributed by atoms with Crippen LogP contribution in [0.25, 0.3) is 0 Å². The van der Waals surface area contributed by atoms with Crippen LogP contribution in [-0.4, -0.2) is 16.9 Å². The van der Waals surface area contributed by atoms with Crippen molar-refractivity contribution in [3.63, 3.8) is 0 Å². The van der Waals surface area contributed by atoms with Crippen LogP contribution in [-0.2, 0) is 42.3 Å². The monoisotopic (exact) mass is 350 g/mol. The summed E-state index contributed by atoms with van der Waals surface area (Å²) in [5.41, 5.74) is 2.09. The number of carbonyl (C=O) groups is 2. The first-order valence-electron chi connectivity index (χ1n) is 5.79. The minimum Gasteiger partial charge on any atom is -0.531 e. The van der Waals surface area contributed by atoms with E-state index in [0.717, 1.165) is 5.57 Å². The number of nitrogens with one attached hydrogen (secondary N) is 2. The maximum atomic E-state index is 11.8. The maximum Gasteiger partial charge on any atom is 3.00 e. The molecule has 2 amide bonds. The van der Waals surface area contributed by atoms with Gasteiger partial charge in [-0.05, 0) is 26.5 Å². The van der Waals surface area contributed by atoms with Crippen molar-refractivity contribution in [1.82, 2.24) is 0 Å². The number of anilines is 2. The van der Waals surface area contributed by atoms with Gasteiger partial charge in [-0.1, -0.05) is 11.3 Å². The van der Waals surface area contributed by atoms with Gasteiger partial charge in [0.05, 0.1) is 0 Å². The van der Waals surface area contributed by atoms with Crippen molar-refractivity contribution in [2.75, 3.05) is 10.6 Å². The SMILES string of the molecule is CC(=O)Nc1[c-]cc(NC(=O)C(C)=C(C)C)c(O)c1.[Y+3]. The van der Waals surface area contributed by atoms with Gasteiger partial charge in [0.2, 0.25) is 11.8 Å². The molecule has 0 aromatic heterocycles. The van der Waals surface area contributed by atoms with Gasteiger partial charge in [-0.3, -0.25) is 9.59 Å². The molecule has 0 radical (unpaired) electrons. The summed E-state index contributed by atoms with van der Waals surface area (Å²) in [5, 5.41) is 14.8. The second-order valence-corrected chi connectivity index (χ2v) is 4.41. The van der Waals surface area contributed by atoms with Crippen LogP contribution in [0.5, 0.6) is 5.75 Å². The number of hydrogen-bond acceptors (Lipinski definition) is 3. The fourth-order valence-corrected chi connectivity index (χ4v) is 1.29. The second-order valence-electron chi connectivity index (χ2n) is 4.41. The van der Waals surface area contributed by atoms with E-state index in [1.54, 1.807) is 6.92 Å². The van der Waals surface area contributed by atoms with Crippen molar-refractivity contribution in [3.8, 4) is 5.75 Å². The van der Waals surface area contributed by atoms with E-state index in [2.05, 4.69) is 16.7 Å². The third-order valence-electron chi connectivity index (χ3n) is 2.58. The number of hydrogen-bond donors (Lipinski definition) is 3. The van der Waals surface area contributed by atoms with E-state index < -0.39 is 0 Å². The normalized spacial score (nSPS) is 9.20. The molecule has 0 atom stereocenters. The van der Waals surface area contributed by atoms with Crippen molar-refractivity contribution in [1.29, 1.82) is 0 Å². The molecule has 0 spiro atoms. The summed E-state index contributed by atoms with van der Waals surface area (Å²) in [4.78, 5) is 22.7. The summed E-state index contributed by atoms with van der Waals surface area (Å²) in [6.45, 7) is 6.73. The Bertz CT molecular complexity index is 549. The number of rotatable bonds is 3. The Morgan fingerprint density at radius 1 is 1.15 bits per heavy atom. The summed E-state index contributed by atoms with van der Waals surface area (Å²) in [5.74, 6) is -0.666. The minimum absolute atomic E-state index is 0. The molecule has 6 heteroatoms. The first-order chi connectivity index (χ1) is 8.81. The molecule has 1 aromatic carbocycles. The van der Waals surface area contributed by atoms with Crippen molar-refractivity contribution in [2.24, 2.45) is 0 Å². The van der Waals surface area contributed by atoms with Crippen LogP contribution < -0.4 is 10.6 Å². The Kier molecular flexibility index (Phi) is 7.68. The number of phenols is 1. The molecule has 0 fully saturated rings. The van der Waals surface area contributed by atoms with Crippen LogP contribution in [0, 0.1) is 6.07 Å². The van der Waals surface area contributed by atoms with E-state index in [9.17, 15) is 14.7 Å². The summed E-state index contributed by atoms with van der Waals surface area (Å²) in [6.07, 6.45) is 0. The van der Waals surface area contributed by atoms with Gasteiger partial charge in [0.15, 0.2) is 0 Å². The van der Waals surface area contributed by atoms with E-state index >= 15 is 0 Å². The Hall–Kier alpha value is -1.20. The van der Waals surface area contributed by atoms with E-state index in [1.165, 1.54) is 19.1 Å².